The van der Waals surface area contributed by atoms with Crippen LogP contribution in [-0.4, -0.2) is 68.8 Å². The number of hydrogen-bond donors (Lipinski definition) is 4. The van der Waals surface area contributed by atoms with Gasteiger partial charge >= 0.3 is 0 Å². The zero-order chi connectivity index (χ0) is 25.8. The first-order valence-corrected chi connectivity index (χ1v) is 12.9. The van der Waals surface area contributed by atoms with Gasteiger partial charge in [0, 0.05) is 36.1 Å². The number of likely N-dealkylation sites (tertiary alicyclic amines) is 1. The summed E-state index contributed by atoms with van der Waals surface area (Å²) in [5, 5.41) is 22.8. The molecule has 4 aromatic rings. The van der Waals surface area contributed by atoms with Gasteiger partial charge in [0.1, 0.15) is 11.6 Å². The zero-order valence-electron chi connectivity index (χ0n) is 21.1. The van der Waals surface area contributed by atoms with Crippen molar-refractivity contribution < 1.29 is 15.0 Å². The molecule has 37 heavy (non-hydrogen) atoms. The van der Waals surface area contributed by atoms with Gasteiger partial charge in [0.2, 0.25) is 0 Å². The summed E-state index contributed by atoms with van der Waals surface area (Å²) in [6, 6.07) is 14.8. The third kappa shape index (κ3) is 5.50. The molecule has 0 unspecified atom stereocenters. The van der Waals surface area contributed by atoms with Crippen molar-refractivity contribution in [2.45, 2.75) is 26.2 Å². The number of aromatic nitrogens is 3. The Kier molecular flexibility index (Phi) is 7.48. The molecule has 0 spiro atoms. The number of fused-ring (bicyclic) bond motifs is 1. The number of nitrogens with zero attached hydrogens (tertiary/aromatic N) is 3. The minimum atomic E-state index is -0.107. The fourth-order valence-electron chi connectivity index (χ4n) is 5.05. The molecule has 2 aromatic carbocycles. The van der Waals surface area contributed by atoms with E-state index >= 15 is 0 Å². The van der Waals surface area contributed by atoms with Gasteiger partial charge in [-0.15, -0.1) is 0 Å². The largest absolute Gasteiger partial charge is 0.507 e. The van der Waals surface area contributed by atoms with Gasteiger partial charge in [-0.1, -0.05) is 19.1 Å². The van der Waals surface area contributed by atoms with Crippen molar-refractivity contribution in [2.75, 3.05) is 32.8 Å². The molecule has 0 bridgehead atoms. The van der Waals surface area contributed by atoms with Crippen LogP contribution in [0, 0.1) is 5.92 Å². The third-order valence-electron chi connectivity index (χ3n) is 7.21. The van der Waals surface area contributed by atoms with Gasteiger partial charge in [0.05, 0.1) is 23.2 Å². The molecule has 192 valence electrons. The predicted octanol–water partition coefficient (Wildman–Crippen LogP) is 3.99. The molecule has 1 aliphatic rings. The summed E-state index contributed by atoms with van der Waals surface area (Å²) in [7, 11) is 0. The van der Waals surface area contributed by atoms with Crippen molar-refractivity contribution in [3.63, 3.8) is 0 Å². The summed E-state index contributed by atoms with van der Waals surface area (Å²) in [6.07, 6.45) is 4.64. The number of aliphatic hydroxyl groups is 1. The van der Waals surface area contributed by atoms with Crippen LogP contribution in [0.5, 0.6) is 5.75 Å². The first-order chi connectivity index (χ1) is 18.1. The molecular formula is C29H33N5O3. The van der Waals surface area contributed by atoms with E-state index in [1.54, 1.807) is 18.3 Å². The number of H-pyrrole nitrogens is 1. The molecule has 5 rings (SSSR count). The van der Waals surface area contributed by atoms with E-state index in [0.29, 0.717) is 29.4 Å². The number of β-amino-alcohol motifs (C(OH)–C–C–N with tert-alkyl or cyclic N) is 1. The number of aliphatic hydroxyl groups excluding tert-OH is 1. The second-order valence-corrected chi connectivity index (χ2v) is 9.62. The summed E-state index contributed by atoms with van der Waals surface area (Å²) in [5.74, 6) is 1.02. The number of aromatic hydroxyl groups is 1. The highest BCUT2D eigenvalue weighted by molar-refractivity contribution is 5.97. The lowest BCUT2D eigenvalue weighted by Gasteiger charge is -2.31. The maximum absolute atomic E-state index is 12.9. The molecule has 0 aliphatic carbocycles. The summed E-state index contributed by atoms with van der Waals surface area (Å²) in [4.78, 5) is 27.6. The van der Waals surface area contributed by atoms with E-state index in [1.807, 2.05) is 36.4 Å². The minimum absolute atomic E-state index is 0.107. The Morgan fingerprint density at radius 2 is 1.97 bits per heavy atom. The first-order valence-electron chi connectivity index (χ1n) is 12.9. The average molecular weight is 500 g/mol. The number of pyridine rings is 1. The monoisotopic (exact) mass is 499 g/mol. The Morgan fingerprint density at radius 1 is 1.14 bits per heavy atom. The Hall–Kier alpha value is -3.75. The number of nitrogens with one attached hydrogen (secondary N) is 2. The van der Waals surface area contributed by atoms with E-state index in [0.717, 1.165) is 66.8 Å². The highest BCUT2D eigenvalue weighted by Crippen LogP contribution is 2.34. The molecule has 1 saturated heterocycles. The SMILES string of the molecule is CCc1ncccc1-c1ccc(O)c(-c2nc3ccc(C(=O)NCC4CCN(CCO)CC4)cc3[nH]2)c1. The second kappa shape index (κ2) is 11.1. The van der Waals surface area contributed by atoms with Gasteiger partial charge in [-0.3, -0.25) is 9.78 Å². The van der Waals surface area contributed by atoms with Crippen molar-refractivity contribution in [2.24, 2.45) is 5.92 Å². The quantitative estimate of drug-likeness (QED) is 0.291. The molecule has 4 N–H and O–H groups in total. The number of phenols is 1. The van der Waals surface area contributed by atoms with E-state index in [9.17, 15) is 9.90 Å². The van der Waals surface area contributed by atoms with Crippen LogP contribution in [0.3, 0.4) is 0 Å². The van der Waals surface area contributed by atoms with Crippen LogP contribution in [0.1, 0.15) is 35.8 Å². The van der Waals surface area contributed by atoms with E-state index in [-0.39, 0.29) is 18.3 Å². The summed E-state index contributed by atoms with van der Waals surface area (Å²) in [5.41, 5.74) is 5.61. The average Bonchev–Trinajstić information content (AvgIpc) is 3.36. The molecule has 1 fully saturated rings. The van der Waals surface area contributed by atoms with Crippen LogP contribution in [0.15, 0.2) is 54.7 Å². The Balaban J connectivity index is 1.32. The number of piperidine rings is 1. The van der Waals surface area contributed by atoms with E-state index < -0.39 is 0 Å². The fraction of sp³-hybridized carbons (Fsp3) is 0.345. The van der Waals surface area contributed by atoms with Crippen molar-refractivity contribution in [3.05, 3.63) is 66.0 Å². The van der Waals surface area contributed by atoms with Crippen LogP contribution in [0.25, 0.3) is 33.5 Å². The van der Waals surface area contributed by atoms with Gasteiger partial charge in [0.15, 0.2) is 0 Å². The topological polar surface area (TPSA) is 114 Å². The van der Waals surface area contributed by atoms with Crippen molar-refractivity contribution in [1.82, 2.24) is 25.2 Å². The highest BCUT2D eigenvalue weighted by atomic mass is 16.3. The van der Waals surface area contributed by atoms with E-state index in [4.69, 9.17) is 5.11 Å². The molecule has 1 amide bonds. The van der Waals surface area contributed by atoms with Gasteiger partial charge in [-0.25, -0.2) is 4.98 Å². The number of carbonyl (C=O) groups excluding carboxylic acids is 1. The normalized spacial score (nSPS) is 14.8. The molecule has 0 radical (unpaired) electrons. The third-order valence-corrected chi connectivity index (χ3v) is 7.21. The summed E-state index contributed by atoms with van der Waals surface area (Å²) < 4.78 is 0. The van der Waals surface area contributed by atoms with Crippen LogP contribution >= 0.6 is 0 Å². The number of hydrogen-bond acceptors (Lipinski definition) is 6. The minimum Gasteiger partial charge on any atom is -0.507 e. The zero-order valence-corrected chi connectivity index (χ0v) is 21.1. The number of carbonyl (C=O) groups is 1. The first kappa shape index (κ1) is 24.9. The van der Waals surface area contributed by atoms with E-state index in [2.05, 4.69) is 32.1 Å². The number of aryl methyl sites for hydroxylation is 1. The lowest BCUT2D eigenvalue weighted by Crippen LogP contribution is -2.39. The number of imidazole rings is 1. The van der Waals surface area contributed by atoms with Crippen molar-refractivity contribution in [3.8, 4) is 28.3 Å². The standard InChI is InChI=1S/C29H33N5O3/c1-2-24-22(4-3-11-30-24)20-6-8-27(36)23(16-20)28-32-25-7-5-21(17-26(25)33-28)29(37)31-18-19-9-12-34(13-10-19)14-15-35/h3-8,11,16-17,19,35-36H,2,9-10,12-15,18H2,1H3,(H,31,37)(H,32,33). The molecule has 3 heterocycles. The van der Waals surface area contributed by atoms with Gasteiger partial charge in [-0.2, -0.15) is 0 Å². The van der Waals surface area contributed by atoms with Gasteiger partial charge in [0.25, 0.3) is 5.91 Å². The number of amides is 1. The van der Waals surface area contributed by atoms with Crippen LogP contribution < -0.4 is 5.32 Å². The second-order valence-electron chi connectivity index (χ2n) is 9.62. The number of phenolic OH excluding ortho intramolecular Hbond substituents is 1. The molecule has 2 aromatic heterocycles. The molecule has 8 nitrogen and oxygen atoms in total. The molecule has 1 aliphatic heterocycles. The fourth-order valence-corrected chi connectivity index (χ4v) is 5.05. The number of aromatic amines is 1. The lowest BCUT2D eigenvalue weighted by molar-refractivity contribution is 0.0933. The van der Waals surface area contributed by atoms with E-state index in [1.165, 1.54) is 0 Å². The van der Waals surface area contributed by atoms with Crippen LogP contribution in [0.2, 0.25) is 0 Å². The summed E-state index contributed by atoms with van der Waals surface area (Å²) in [6.45, 7) is 5.54. The van der Waals surface area contributed by atoms with Gasteiger partial charge < -0.3 is 25.4 Å². The Labute approximate surface area is 216 Å². The maximum atomic E-state index is 12.9. The number of benzene rings is 2. The maximum Gasteiger partial charge on any atom is 0.251 e. The van der Waals surface area contributed by atoms with Crippen LogP contribution in [-0.2, 0) is 6.42 Å². The Morgan fingerprint density at radius 3 is 2.76 bits per heavy atom. The van der Waals surface area contributed by atoms with Gasteiger partial charge in [-0.05, 0) is 80.2 Å². The lowest BCUT2D eigenvalue weighted by atomic mass is 9.96. The van der Waals surface area contributed by atoms with Crippen LogP contribution in [0.4, 0.5) is 0 Å². The Bertz CT molecular complexity index is 1390. The highest BCUT2D eigenvalue weighted by Gasteiger charge is 2.20. The molecule has 0 saturated carbocycles. The molecule has 8 heteroatoms. The molecule has 0 atom stereocenters. The molecular weight excluding hydrogens is 466 g/mol. The van der Waals surface area contributed by atoms with Crippen molar-refractivity contribution in [1.29, 1.82) is 0 Å². The smallest absolute Gasteiger partial charge is 0.251 e. The predicted molar refractivity (Wildman–Crippen MR) is 144 cm³/mol. The van der Waals surface area contributed by atoms with Crippen molar-refractivity contribution >= 4 is 16.9 Å². The number of rotatable bonds is 8. The summed E-state index contributed by atoms with van der Waals surface area (Å²) >= 11 is 0.